The summed E-state index contributed by atoms with van der Waals surface area (Å²) in [5, 5.41) is 0. The maximum Gasteiger partial charge on any atom is 0.109 e. The first-order valence-electron chi connectivity index (χ1n) is 3.94. The van der Waals surface area contributed by atoms with Gasteiger partial charge in [-0.1, -0.05) is 29.4 Å². The first kappa shape index (κ1) is 8.88. The molecular formula is C9H14OS. The van der Waals surface area contributed by atoms with E-state index in [1.165, 1.54) is 12.0 Å². The molecule has 1 aliphatic carbocycles. The average Bonchev–Trinajstić information content (AvgIpc) is 2.03. The van der Waals surface area contributed by atoms with Crippen LogP contribution in [0, 0.1) is 0 Å². The van der Waals surface area contributed by atoms with Crippen LogP contribution in [0.15, 0.2) is 23.8 Å². The molecule has 0 amide bonds. The molecule has 2 heteroatoms. The van der Waals surface area contributed by atoms with Crippen molar-refractivity contribution < 1.29 is 4.55 Å². The summed E-state index contributed by atoms with van der Waals surface area (Å²) < 4.78 is 10.7. The second-order valence-electron chi connectivity index (χ2n) is 2.79. The first-order chi connectivity index (χ1) is 5.29. The molecule has 0 fully saturated rings. The molecule has 0 aromatic heterocycles. The Morgan fingerprint density at radius 1 is 1.55 bits per heavy atom. The fraction of sp³-hybridized carbons (Fsp3) is 0.556. The molecule has 0 N–H and O–H groups in total. The first-order valence-corrected chi connectivity index (χ1v) is 5.67. The minimum absolute atomic E-state index is 0.642. The molecule has 0 spiro atoms. The van der Waals surface area contributed by atoms with Crippen molar-refractivity contribution in [3.8, 4) is 0 Å². The lowest BCUT2D eigenvalue weighted by molar-refractivity contribution is 0.600. The molecule has 1 rings (SSSR count). The molecule has 1 aliphatic rings. The minimum atomic E-state index is -0.642. The van der Waals surface area contributed by atoms with Crippen LogP contribution in [0.25, 0.3) is 0 Å². The van der Waals surface area contributed by atoms with Crippen molar-refractivity contribution in [1.82, 2.24) is 0 Å². The Bertz CT molecular complexity index is 170. The summed E-state index contributed by atoms with van der Waals surface area (Å²) in [5.74, 6) is 0.802. The molecule has 0 saturated carbocycles. The van der Waals surface area contributed by atoms with Gasteiger partial charge in [-0.25, -0.2) is 0 Å². The quantitative estimate of drug-likeness (QED) is 0.594. The monoisotopic (exact) mass is 170 g/mol. The van der Waals surface area contributed by atoms with Crippen molar-refractivity contribution in [3.05, 3.63) is 23.8 Å². The third-order valence-corrected chi connectivity index (χ3v) is 2.53. The lowest BCUT2D eigenvalue weighted by Crippen LogP contribution is -2.03. The molecule has 0 aromatic carbocycles. The predicted octanol–water partition coefficient (Wildman–Crippen LogP) is 2.03. The van der Waals surface area contributed by atoms with E-state index < -0.39 is 11.2 Å². The molecule has 1 unspecified atom stereocenters. The molecule has 0 heterocycles. The van der Waals surface area contributed by atoms with Crippen LogP contribution in [0.1, 0.15) is 19.3 Å². The van der Waals surface area contributed by atoms with Crippen molar-refractivity contribution in [2.24, 2.45) is 0 Å². The molecule has 11 heavy (non-hydrogen) atoms. The lowest BCUT2D eigenvalue weighted by atomic mass is 10.1. The Balaban J connectivity index is 2.25. The van der Waals surface area contributed by atoms with Gasteiger partial charge in [0.05, 0.1) is 6.26 Å². The molecule has 0 radical (unpaired) electrons. The molecular weight excluding hydrogens is 156 g/mol. The number of hydrogen-bond donors (Lipinski definition) is 0. The second-order valence-corrected chi connectivity index (χ2v) is 4.34. The summed E-state index contributed by atoms with van der Waals surface area (Å²) in [6.07, 6.45) is 11.6. The number of allylic oxidation sites excluding steroid dienone is 4. The third kappa shape index (κ3) is 3.63. The van der Waals surface area contributed by atoms with Crippen LogP contribution in [-0.2, 0) is 11.2 Å². The Morgan fingerprint density at radius 2 is 2.36 bits per heavy atom. The largest absolute Gasteiger partial charge is 0.617 e. The van der Waals surface area contributed by atoms with Crippen LogP contribution < -0.4 is 0 Å². The standard InChI is InChI=1S/C9H14OS/c1-11(10)8-7-9-5-3-2-4-6-9/h3,5-6H,2,4,7-8H2,1H3. The van der Waals surface area contributed by atoms with Crippen LogP contribution >= 0.6 is 0 Å². The Labute approximate surface area is 71.4 Å². The van der Waals surface area contributed by atoms with Crippen LogP contribution in [0.5, 0.6) is 0 Å². The van der Waals surface area contributed by atoms with Gasteiger partial charge >= 0.3 is 0 Å². The summed E-state index contributed by atoms with van der Waals surface area (Å²) >= 11 is -0.642. The lowest BCUT2D eigenvalue weighted by Gasteiger charge is -2.07. The average molecular weight is 170 g/mol. The van der Waals surface area contributed by atoms with Gasteiger partial charge in [-0.2, -0.15) is 0 Å². The highest BCUT2D eigenvalue weighted by atomic mass is 32.2. The van der Waals surface area contributed by atoms with Gasteiger partial charge < -0.3 is 4.55 Å². The normalized spacial score (nSPS) is 19.6. The van der Waals surface area contributed by atoms with Gasteiger partial charge in [0.2, 0.25) is 0 Å². The maximum absolute atomic E-state index is 10.7. The van der Waals surface area contributed by atoms with Gasteiger partial charge in [-0.15, -0.1) is 0 Å². The smallest absolute Gasteiger partial charge is 0.109 e. The van der Waals surface area contributed by atoms with E-state index in [2.05, 4.69) is 18.2 Å². The van der Waals surface area contributed by atoms with Crippen molar-refractivity contribution in [2.75, 3.05) is 12.0 Å². The molecule has 0 aromatic rings. The van der Waals surface area contributed by atoms with Gasteiger partial charge in [-0.05, 0) is 18.4 Å². The zero-order valence-electron chi connectivity index (χ0n) is 6.88. The predicted molar refractivity (Wildman–Crippen MR) is 50.0 cm³/mol. The molecule has 1 atom stereocenters. The summed E-state index contributed by atoms with van der Waals surface area (Å²) in [6, 6.07) is 0. The highest BCUT2D eigenvalue weighted by molar-refractivity contribution is 7.90. The Morgan fingerprint density at radius 3 is 2.91 bits per heavy atom. The number of hydrogen-bond acceptors (Lipinski definition) is 1. The van der Waals surface area contributed by atoms with E-state index in [1.807, 2.05) is 0 Å². The van der Waals surface area contributed by atoms with E-state index in [0.717, 1.165) is 18.6 Å². The summed E-state index contributed by atoms with van der Waals surface area (Å²) in [5.41, 5.74) is 1.35. The zero-order valence-corrected chi connectivity index (χ0v) is 7.69. The summed E-state index contributed by atoms with van der Waals surface area (Å²) in [7, 11) is 0. The SMILES string of the molecule is C[S+]([O-])CCC1=CCCC=C1. The van der Waals surface area contributed by atoms with Crippen molar-refractivity contribution >= 4 is 11.2 Å². The second kappa shape index (κ2) is 4.62. The van der Waals surface area contributed by atoms with Crippen LogP contribution in [0.4, 0.5) is 0 Å². The zero-order chi connectivity index (χ0) is 8.10. The van der Waals surface area contributed by atoms with Gasteiger partial charge in [0, 0.05) is 6.42 Å². The third-order valence-electron chi connectivity index (χ3n) is 1.75. The molecule has 0 saturated heterocycles. The van der Waals surface area contributed by atoms with Gasteiger partial charge in [0.1, 0.15) is 5.75 Å². The Hall–Kier alpha value is -0.210. The van der Waals surface area contributed by atoms with Crippen molar-refractivity contribution in [1.29, 1.82) is 0 Å². The summed E-state index contributed by atoms with van der Waals surface area (Å²) in [4.78, 5) is 0. The van der Waals surface area contributed by atoms with E-state index >= 15 is 0 Å². The van der Waals surface area contributed by atoms with E-state index in [9.17, 15) is 4.55 Å². The van der Waals surface area contributed by atoms with Gasteiger partial charge in [0.15, 0.2) is 0 Å². The highest BCUT2D eigenvalue weighted by Crippen LogP contribution is 2.13. The van der Waals surface area contributed by atoms with E-state index in [4.69, 9.17) is 0 Å². The van der Waals surface area contributed by atoms with Crippen LogP contribution in [0.3, 0.4) is 0 Å². The minimum Gasteiger partial charge on any atom is -0.617 e. The molecule has 62 valence electrons. The van der Waals surface area contributed by atoms with Crippen LogP contribution in [0.2, 0.25) is 0 Å². The molecule has 1 nitrogen and oxygen atoms in total. The van der Waals surface area contributed by atoms with E-state index in [-0.39, 0.29) is 0 Å². The Kier molecular flexibility index (Phi) is 3.73. The van der Waals surface area contributed by atoms with Crippen LogP contribution in [-0.4, -0.2) is 16.6 Å². The number of rotatable bonds is 3. The fourth-order valence-electron chi connectivity index (χ4n) is 1.11. The van der Waals surface area contributed by atoms with E-state index in [0.29, 0.717) is 0 Å². The fourth-order valence-corrected chi connectivity index (χ4v) is 1.64. The summed E-state index contributed by atoms with van der Waals surface area (Å²) in [6.45, 7) is 0. The molecule has 0 bridgehead atoms. The van der Waals surface area contributed by atoms with Crippen molar-refractivity contribution in [2.45, 2.75) is 19.3 Å². The van der Waals surface area contributed by atoms with Gasteiger partial charge in [0.25, 0.3) is 0 Å². The van der Waals surface area contributed by atoms with Crippen molar-refractivity contribution in [3.63, 3.8) is 0 Å². The van der Waals surface area contributed by atoms with Gasteiger partial charge in [-0.3, -0.25) is 0 Å². The maximum atomic E-state index is 10.7. The highest BCUT2D eigenvalue weighted by Gasteiger charge is 2.01. The topological polar surface area (TPSA) is 23.1 Å². The van der Waals surface area contributed by atoms with E-state index in [1.54, 1.807) is 6.26 Å². The molecule has 0 aliphatic heterocycles.